The third-order valence-corrected chi connectivity index (χ3v) is 3.72. The van der Waals surface area contributed by atoms with Gasteiger partial charge in [0.05, 0.1) is 26.5 Å². The minimum atomic E-state index is 0.638. The number of ether oxygens (including phenoxy) is 2. The smallest absolute Gasteiger partial charge is 0.131 e. The molecule has 2 rings (SSSR count). The van der Waals surface area contributed by atoms with Gasteiger partial charge in [-0.15, -0.1) is 0 Å². The van der Waals surface area contributed by atoms with Gasteiger partial charge in [0.25, 0.3) is 0 Å². The Hall–Kier alpha value is -2.20. The summed E-state index contributed by atoms with van der Waals surface area (Å²) in [6.45, 7) is 2.70. The highest BCUT2D eigenvalue weighted by atomic mass is 35.5. The summed E-state index contributed by atoms with van der Waals surface area (Å²) in [5.41, 5.74) is 6.12. The molecule has 0 saturated heterocycles. The summed E-state index contributed by atoms with van der Waals surface area (Å²) in [4.78, 5) is 0. The number of rotatable bonds is 7. The van der Waals surface area contributed by atoms with E-state index in [-0.39, 0.29) is 0 Å². The van der Waals surface area contributed by atoms with Crippen molar-refractivity contribution < 1.29 is 9.47 Å². The topological polar surface area (TPSA) is 42.9 Å². The Morgan fingerprint density at radius 2 is 1.83 bits per heavy atom. The molecule has 0 amide bonds. The van der Waals surface area contributed by atoms with Gasteiger partial charge in [0.2, 0.25) is 0 Å². The number of methoxy groups -OCH3 is 2. The Morgan fingerprint density at radius 3 is 2.43 bits per heavy atom. The molecule has 1 N–H and O–H groups in total. The van der Waals surface area contributed by atoms with E-state index < -0.39 is 0 Å². The summed E-state index contributed by atoms with van der Waals surface area (Å²) in [7, 11) is 3.28. The summed E-state index contributed by atoms with van der Waals surface area (Å²) in [6, 6.07) is 13.4. The molecule has 0 spiro atoms. The van der Waals surface area contributed by atoms with Crippen LogP contribution in [0.15, 0.2) is 47.6 Å². The molecular weight excluding hydrogens is 312 g/mol. The molecule has 2 aromatic rings. The van der Waals surface area contributed by atoms with Crippen molar-refractivity contribution in [2.24, 2.45) is 5.10 Å². The molecule has 0 heterocycles. The third kappa shape index (κ3) is 4.63. The number of hydrazone groups is 1. The lowest BCUT2D eigenvalue weighted by atomic mass is 10.1. The van der Waals surface area contributed by atoms with E-state index in [2.05, 4.69) is 17.5 Å². The van der Waals surface area contributed by atoms with Gasteiger partial charge in [0, 0.05) is 16.7 Å². The molecule has 0 unspecified atom stereocenters. The highest BCUT2D eigenvalue weighted by Crippen LogP contribution is 2.25. The second kappa shape index (κ2) is 8.44. The normalized spacial score (nSPS) is 11.2. The quantitative estimate of drug-likeness (QED) is 0.608. The van der Waals surface area contributed by atoms with Gasteiger partial charge in [-0.25, -0.2) is 0 Å². The van der Waals surface area contributed by atoms with Gasteiger partial charge in [-0.2, -0.15) is 5.10 Å². The molecule has 0 aliphatic heterocycles. The van der Waals surface area contributed by atoms with Crippen LogP contribution in [0.2, 0.25) is 5.02 Å². The molecule has 0 aliphatic rings. The van der Waals surface area contributed by atoms with Crippen LogP contribution in [0.1, 0.15) is 24.5 Å². The van der Waals surface area contributed by atoms with Crippen LogP contribution in [0.25, 0.3) is 0 Å². The van der Waals surface area contributed by atoms with E-state index >= 15 is 0 Å². The molecule has 5 heteroatoms. The minimum Gasteiger partial charge on any atom is -0.497 e. The van der Waals surface area contributed by atoms with E-state index in [9.17, 15) is 0 Å². The van der Waals surface area contributed by atoms with E-state index in [4.69, 9.17) is 21.1 Å². The number of halogens is 1. The predicted molar refractivity (Wildman–Crippen MR) is 94.7 cm³/mol. The molecule has 0 saturated carbocycles. The predicted octanol–water partition coefficient (Wildman–Crippen LogP) is 4.26. The molecule has 23 heavy (non-hydrogen) atoms. The molecule has 0 radical (unpaired) electrons. The molecule has 2 aromatic carbocycles. The second-order valence-corrected chi connectivity index (χ2v) is 5.38. The summed E-state index contributed by atoms with van der Waals surface area (Å²) < 4.78 is 10.7. The van der Waals surface area contributed by atoms with Crippen LogP contribution in [-0.4, -0.2) is 19.9 Å². The van der Waals surface area contributed by atoms with Crippen molar-refractivity contribution >= 4 is 17.3 Å². The van der Waals surface area contributed by atoms with Crippen molar-refractivity contribution in [3.8, 4) is 11.5 Å². The number of hydrogen-bond acceptors (Lipinski definition) is 4. The first-order valence-corrected chi connectivity index (χ1v) is 7.82. The zero-order chi connectivity index (χ0) is 16.7. The minimum absolute atomic E-state index is 0.638. The van der Waals surface area contributed by atoms with E-state index in [0.29, 0.717) is 6.54 Å². The van der Waals surface area contributed by atoms with Crippen molar-refractivity contribution in [1.29, 1.82) is 0 Å². The zero-order valence-corrected chi connectivity index (χ0v) is 14.4. The molecular formula is C18H21ClN2O2. The van der Waals surface area contributed by atoms with E-state index in [0.717, 1.165) is 39.8 Å². The largest absolute Gasteiger partial charge is 0.497 e. The van der Waals surface area contributed by atoms with Gasteiger partial charge < -0.3 is 14.9 Å². The summed E-state index contributed by atoms with van der Waals surface area (Å²) in [6.07, 6.45) is 0.788. The van der Waals surface area contributed by atoms with Crippen molar-refractivity contribution in [3.05, 3.63) is 58.6 Å². The maximum atomic E-state index is 5.88. The van der Waals surface area contributed by atoms with Gasteiger partial charge in [-0.3, -0.25) is 0 Å². The molecule has 0 fully saturated rings. The Labute approximate surface area is 142 Å². The van der Waals surface area contributed by atoms with Crippen molar-refractivity contribution in [2.75, 3.05) is 14.2 Å². The first-order valence-electron chi connectivity index (χ1n) is 7.44. The Balaban J connectivity index is 2.13. The highest BCUT2D eigenvalue weighted by molar-refractivity contribution is 6.30. The van der Waals surface area contributed by atoms with Gasteiger partial charge >= 0.3 is 0 Å². The van der Waals surface area contributed by atoms with Crippen LogP contribution in [0.4, 0.5) is 0 Å². The Bertz CT molecular complexity index is 669. The fourth-order valence-corrected chi connectivity index (χ4v) is 2.32. The van der Waals surface area contributed by atoms with Crippen molar-refractivity contribution in [1.82, 2.24) is 5.43 Å². The lowest BCUT2D eigenvalue weighted by Gasteiger charge is -2.12. The average Bonchev–Trinajstić information content (AvgIpc) is 2.60. The van der Waals surface area contributed by atoms with Gasteiger partial charge in [-0.05, 0) is 36.2 Å². The third-order valence-electron chi connectivity index (χ3n) is 3.46. The second-order valence-electron chi connectivity index (χ2n) is 4.94. The van der Waals surface area contributed by atoms with Gasteiger partial charge in [-0.1, -0.05) is 30.7 Å². The molecule has 122 valence electrons. The standard InChI is InChI=1S/C18H21ClN2O2/c1-4-17(16-10-9-15(22-2)11-18(16)23-3)21-20-12-13-5-7-14(19)8-6-13/h5-11,20H,4,12H2,1-3H3/b21-17-. The molecule has 0 aliphatic carbocycles. The molecule has 4 nitrogen and oxygen atoms in total. The SMILES string of the molecule is CC/C(=N/NCc1ccc(Cl)cc1)c1ccc(OC)cc1OC. The van der Waals surface area contributed by atoms with Crippen LogP contribution in [-0.2, 0) is 6.54 Å². The van der Waals surface area contributed by atoms with Crippen molar-refractivity contribution in [3.63, 3.8) is 0 Å². The lowest BCUT2D eigenvalue weighted by molar-refractivity contribution is 0.393. The van der Waals surface area contributed by atoms with Gasteiger partial charge in [0.1, 0.15) is 11.5 Å². The maximum absolute atomic E-state index is 5.88. The monoisotopic (exact) mass is 332 g/mol. The highest BCUT2D eigenvalue weighted by Gasteiger charge is 2.10. The van der Waals surface area contributed by atoms with E-state index in [1.807, 2.05) is 42.5 Å². The van der Waals surface area contributed by atoms with Crippen LogP contribution in [0, 0.1) is 0 Å². The number of benzene rings is 2. The van der Waals surface area contributed by atoms with Gasteiger partial charge in [0.15, 0.2) is 0 Å². The fraction of sp³-hybridized carbons (Fsp3) is 0.278. The fourth-order valence-electron chi connectivity index (χ4n) is 2.20. The number of hydrogen-bond donors (Lipinski definition) is 1. The molecule has 0 bridgehead atoms. The summed E-state index contributed by atoms with van der Waals surface area (Å²) in [5, 5.41) is 5.24. The average molecular weight is 333 g/mol. The first kappa shape index (κ1) is 17.2. The molecule has 0 atom stereocenters. The summed E-state index contributed by atoms with van der Waals surface area (Å²) >= 11 is 5.88. The van der Waals surface area contributed by atoms with E-state index in [1.165, 1.54) is 0 Å². The van der Waals surface area contributed by atoms with Crippen LogP contribution >= 0.6 is 11.6 Å². The molecule has 0 aromatic heterocycles. The van der Waals surface area contributed by atoms with Crippen LogP contribution in [0.5, 0.6) is 11.5 Å². The Morgan fingerprint density at radius 1 is 1.09 bits per heavy atom. The number of nitrogens with one attached hydrogen (secondary N) is 1. The Kier molecular flexibility index (Phi) is 6.29. The van der Waals surface area contributed by atoms with Crippen molar-refractivity contribution in [2.45, 2.75) is 19.9 Å². The first-order chi connectivity index (χ1) is 11.2. The van der Waals surface area contributed by atoms with E-state index in [1.54, 1.807) is 14.2 Å². The maximum Gasteiger partial charge on any atom is 0.131 e. The van der Waals surface area contributed by atoms with Crippen LogP contribution in [0.3, 0.4) is 0 Å². The lowest BCUT2D eigenvalue weighted by Crippen LogP contribution is -2.11. The number of nitrogens with zero attached hydrogens (tertiary/aromatic N) is 1. The summed E-state index contributed by atoms with van der Waals surface area (Å²) in [5.74, 6) is 1.51. The van der Waals surface area contributed by atoms with Crippen LogP contribution < -0.4 is 14.9 Å². The zero-order valence-electron chi connectivity index (χ0n) is 13.6.